The first-order valence-corrected chi connectivity index (χ1v) is 5.08. The molecule has 18 heavy (non-hydrogen) atoms. The third kappa shape index (κ3) is 2.97. The number of carbonyl (C=O) groups is 2. The smallest absolute Gasteiger partial charge is 1.00 e. The van der Waals surface area contributed by atoms with E-state index in [4.69, 9.17) is 0 Å². The van der Waals surface area contributed by atoms with Gasteiger partial charge in [0.25, 0.3) is 0 Å². The van der Waals surface area contributed by atoms with Crippen molar-refractivity contribution in [3.63, 3.8) is 0 Å². The van der Waals surface area contributed by atoms with Crippen molar-refractivity contribution in [3.8, 4) is 0 Å². The Morgan fingerprint density at radius 3 is 2.50 bits per heavy atom. The van der Waals surface area contributed by atoms with Crippen molar-refractivity contribution in [3.05, 3.63) is 60.7 Å². The summed E-state index contributed by atoms with van der Waals surface area (Å²) in [5.41, 5.74) is 0.373. The van der Waals surface area contributed by atoms with Crippen LogP contribution in [0.25, 0.3) is 10.8 Å². The first-order valence-electron chi connectivity index (χ1n) is 5.08. The van der Waals surface area contributed by atoms with Crippen LogP contribution in [0, 0.1) is 0 Å². The van der Waals surface area contributed by atoms with Gasteiger partial charge in [-0.2, -0.15) is 0 Å². The number of ether oxygens (including phenoxy) is 1. The maximum atomic E-state index is 11.7. The minimum absolute atomic E-state index is 0. The largest absolute Gasteiger partial charge is 2.00 e. The van der Waals surface area contributed by atoms with Crippen molar-refractivity contribution >= 4 is 45.8 Å². The fourth-order valence-electron chi connectivity index (χ4n) is 1.59. The molecule has 2 rings (SSSR count). The van der Waals surface area contributed by atoms with E-state index in [1.54, 1.807) is 12.1 Å². The summed E-state index contributed by atoms with van der Waals surface area (Å²) in [5.74, 6) is -1.41. The van der Waals surface area contributed by atoms with Gasteiger partial charge in [-0.1, -0.05) is 43.0 Å². The van der Waals surface area contributed by atoms with E-state index in [1.807, 2.05) is 30.3 Å². The molecule has 2 aromatic rings. The number of hydrogen-bond donors (Lipinski definition) is 0. The van der Waals surface area contributed by atoms with E-state index in [9.17, 15) is 9.59 Å². The molecule has 0 bridgehead atoms. The van der Waals surface area contributed by atoms with Gasteiger partial charge in [-0.3, -0.25) is 0 Å². The van der Waals surface area contributed by atoms with Gasteiger partial charge in [-0.15, -0.1) is 0 Å². The zero-order valence-electron chi connectivity index (χ0n) is 11.8. The van der Waals surface area contributed by atoms with Gasteiger partial charge in [0, 0.05) is 6.08 Å². The van der Waals surface area contributed by atoms with Crippen molar-refractivity contribution in [2.45, 2.75) is 0 Å². The van der Waals surface area contributed by atoms with Crippen molar-refractivity contribution < 1.29 is 17.2 Å². The molecule has 3 nitrogen and oxygen atoms in total. The van der Waals surface area contributed by atoms with Crippen molar-refractivity contribution in [1.29, 1.82) is 0 Å². The van der Waals surface area contributed by atoms with Gasteiger partial charge >= 0.3 is 35.0 Å². The summed E-state index contributed by atoms with van der Waals surface area (Å²) >= 11 is 0. The van der Waals surface area contributed by atoms with Crippen molar-refractivity contribution in [1.82, 2.24) is 0 Å². The molecule has 88 valence electrons. The summed E-state index contributed by atoms with van der Waals surface area (Å²) in [6.07, 6.45) is 0.961. The molecule has 4 heteroatoms. The number of benzene rings is 2. The molecule has 0 N–H and O–H groups in total. The molecule has 0 saturated heterocycles. The molecule has 0 spiro atoms. The number of hydrogen-bond acceptors (Lipinski definition) is 3. The van der Waals surface area contributed by atoms with E-state index >= 15 is 0 Å². The van der Waals surface area contributed by atoms with Gasteiger partial charge in [-0.25, -0.2) is 9.59 Å². The van der Waals surface area contributed by atoms with Gasteiger partial charge < -0.3 is 7.59 Å². The van der Waals surface area contributed by atoms with Crippen LogP contribution in [0.15, 0.2) is 55.1 Å². The molecule has 0 aromatic heterocycles. The summed E-state index contributed by atoms with van der Waals surface area (Å²) in [6.45, 7) is 3.24. The molecule has 0 heterocycles. The van der Waals surface area contributed by atoms with Crippen molar-refractivity contribution in [2.24, 2.45) is 0 Å². The number of carbonyl (C=O) groups excluding carboxylic acids is 2. The van der Waals surface area contributed by atoms with Crippen LogP contribution < -0.4 is 0 Å². The first kappa shape index (κ1) is 14.4. The third-order valence-corrected chi connectivity index (χ3v) is 2.37. The van der Waals surface area contributed by atoms with Crippen LogP contribution in [0.5, 0.6) is 0 Å². The maximum absolute atomic E-state index is 11.7. The summed E-state index contributed by atoms with van der Waals surface area (Å²) in [6, 6.07) is 12.7. The van der Waals surface area contributed by atoms with Crippen LogP contribution >= 0.6 is 0 Å². The minimum Gasteiger partial charge on any atom is -1.00 e. The van der Waals surface area contributed by atoms with Gasteiger partial charge in [0.2, 0.25) is 0 Å². The van der Waals surface area contributed by atoms with Gasteiger partial charge in [0.05, 0.1) is 5.56 Å². The third-order valence-electron chi connectivity index (χ3n) is 2.37. The van der Waals surface area contributed by atoms with Gasteiger partial charge in [0.15, 0.2) is 0 Å². The van der Waals surface area contributed by atoms with E-state index in [1.165, 1.54) is 0 Å². The van der Waals surface area contributed by atoms with Crippen LogP contribution in [-0.2, 0) is 9.53 Å². The van der Waals surface area contributed by atoms with Crippen LogP contribution in [0.3, 0.4) is 0 Å². The first-order chi connectivity index (χ1) is 8.22. The standard InChI is InChI=1S/C14H10O3.Mg.2H/c1-2-13(15)17-14(16)12-9-5-7-10-6-3-4-8-11(10)12;;;/h2-9H,1H2;;;/q;+2;2*-1. The molecule has 0 aliphatic carbocycles. The second-order valence-electron chi connectivity index (χ2n) is 3.44. The van der Waals surface area contributed by atoms with E-state index in [0.717, 1.165) is 16.8 Å². The Bertz CT molecular complexity index is 609. The normalized spacial score (nSPS) is 9.33. The summed E-state index contributed by atoms with van der Waals surface area (Å²) in [4.78, 5) is 22.7. The average Bonchev–Trinajstić information content (AvgIpc) is 2.37. The van der Waals surface area contributed by atoms with E-state index in [-0.39, 0.29) is 25.9 Å². The number of esters is 2. The van der Waals surface area contributed by atoms with Crippen LogP contribution in [0.4, 0.5) is 0 Å². The van der Waals surface area contributed by atoms with Gasteiger partial charge in [-0.05, 0) is 16.8 Å². The Morgan fingerprint density at radius 1 is 1.11 bits per heavy atom. The average molecular weight is 253 g/mol. The van der Waals surface area contributed by atoms with E-state index < -0.39 is 11.9 Å². The monoisotopic (exact) mass is 252 g/mol. The Kier molecular flexibility index (Phi) is 5.06. The Balaban J connectivity index is 0. The quantitative estimate of drug-likeness (QED) is 0.357. The maximum Gasteiger partial charge on any atom is 2.00 e. The summed E-state index contributed by atoms with van der Waals surface area (Å²) in [5, 5.41) is 1.69. The zero-order valence-corrected chi connectivity index (χ0v) is 11.2. The Morgan fingerprint density at radius 2 is 1.78 bits per heavy atom. The molecule has 0 saturated carbocycles. The zero-order chi connectivity index (χ0) is 12.3. The van der Waals surface area contributed by atoms with Crippen LogP contribution in [-0.4, -0.2) is 35.0 Å². The molecule has 0 radical (unpaired) electrons. The topological polar surface area (TPSA) is 43.4 Å². The molecular formula is C14H12MgO3. The predicted molar refractivity (Wildman–Crippen MR) is 72.5 cm³/mol. The van der Waals surface area contributed by atoms with Gasteiger partial charge in [0.1, 0.15) is 0 Å². The molecule has 0 aliphatic rings. The minimum atomic E-state index is -0.747. The summed E-state index contributed by atoms with van der Waals surface area (Å²) < 4.78 is 4.60. The SMILES string of the molecule is C=CC(=O)OC(=O)c1cccc2ccccc12.[H-].[H-].[Mg+2]. The molecule has 0 unspecified atom stereocenters. The van der Waals surface area contributed by atoms with Crippen molar-refractivity contribution in [2.75, 3.05) is 0 Å². The Hall–Kier alpha value is -1.65. The molecule has 0 amide bonds. The molecule has 0 atom stereocenters. The second-order valence-corrected chi connectivity index (χ2v) is 3.44. The molecular weight excluding hydrogens is 240 g/mol. The van der Waals surface area contributed by atoms with E-state index in [2.05, 4.69) is 11.3 Å². The second kappa shape index (κ2) is 6.33. The Labute approximate surface area is 124 Å². The predicted octanol–water partition coefficient (Wildman–Crippen LogP) is 2.55. The molecule has 2 aromatic carbocycles. The van der Waals surface area contributed by atoms with E-state index in [0.29, 0.717) is 5.56 Å². The fraction of sp³-hybridized carbons (Fsp3) is 0. The number of rotatable bonds is 2. The molecule has 0 fully saturated rings. The molecule has 0 aliphatic heterocycles. The number of fused-ring (bicyclic) bond motifs is 1. The van der Waals surface area contributed by atoms with Crippen LogP contribution in [0.1, 0.15) is 13.2 Å². The summed E-state index contributed by atoms with van der Waals surface area (Å²) in [7, 11) is 0. The fourth-order valence-corrected chi connectivity index (χ4v) is 1.59. The van der Waals surface area contributed by atoms with Crippen LogP contribution in [0.2, 0.25) is 0 Å².